The number of rotatable bonds is 4. The fourth-order valence-corrected chi connectivity index (χ4v) is 4.21. The molecule has 0 radical (unpaired) electrons. The molecule has 0 aliphatic carbocycles. The number of carbonyl (C=O) groups is 1. The van der Waals surface area contributed by atoms with Gasteiger partial charge in [0.1, 0.15) is 11.3 Å². The minimum Gasteiger partial charge on any atom is -0.507 e. The van der Waals surface area contributed by atoms with Gasteiger partial charge in [0.2, 0.25) is 0 Å². The van der Waals surface area contributed by atoms with Crippen LogP contribution in [0, 0.1) is 6.92 Å². The number of benzene rings is 1. The van der Waals surface area contributed by atoms with Crippen LogP contribution in [0.5, 0.6) is 5.75 Å². The molecule has 1 heterocycles. The third-order valence-electron chi connectivity index (χ3n) is 2.51. The molecular formula is C11H9BrN2O5S2. The number of carboxylic acids is 1. The summed E-state index contributed by atoms with van der Waals surface area (Å²) in [5.41, 5.74) is -0.262. The smallest absolute Gasteiger partial charge is 0.339 e. The Morgan fingerprint density at radius 2 is 2.10 bits per heavy atom. The first-order chi connectivity index (χ1) is 9.70. The molecule has 0 unspecified atom stereocenters. The lowest BCUT2D eigenvalue weighted by atomic mass is 10.1. The Morgan fingerprint density at radius 1 is 1.43 bits per heavy atom. The summed E-state index contributed by atoms with van der Waals surface area (Å²) < 4.78 is 27.5. The lowest BCUT2D eigenvalue weighted by molar-refractivity contribution is 0.0693. The van der Waals surface area contributed by atoms with Crippen LogP contribution < -0.4 is 4.72 Å². The summed E-state index contributed by atoms with van der Waals surface area (Å²) >= 11 is 4.24. The number of anilines is 1. The summed E-state index contributed by atoms with van der Waals surface area (Å²) in [6, 6.07) is 2.01. The van der Waals surface area contributed by atoms with Crippen LogP contribution in [-0.2, 0) is 10.0 Å². The lowest BCUT2D eigenvalue weighted by Crippen LogP contribution is -2.15. The molecule has 7 nitrogen and oxygen atoms in total. The highest BCUT2D eigenvalue weighted by Gasteiger charge is 2.22. The van der Waals surface area contributed by atoms with E-state index in [4.69, 9.17) is 5.11 Å². The second-order valence-electron chi connectivity index (χ2n) is 4.02. The van der Waals surface area contributed by atoms with Gasteiger partial charge in [-0.05, 0) is 40.5 Å². The normalized spacial score (nSPS) is 11.3. The summed E-state index contributed by atoms with van der Waals surface area (Å²) in [6.45, 7) is 1.46. The number of sulfonamides is 1. The molecule has 2 aromatic rings. The fourth-order valence-electron chi connectivity index (χ4n) is 1.61. The van der Waals surface area contributed by atoms with Crippen LogP contribution in [-0.4, -0.2) is 29.6 Å². The van der Waals surface area contributed by atoms with Crippen LogP contribution in [0.4, 0.5) is 5.13 Å². The van der Waals surface area contributed by atoms with Crippen LogP contribution in [0.3, 0.4) is 0 Å². The van der Waals surface area contributed by atoms with Crippen molar-refractivity contribution in [2.75, 3.05) is 4.72 Å². The van der Waals surface area contributed by atoms with E-state index in [0.29, 0.717) is 3.79 Å². The minimum atomic E-state index is -4.00. The molecule has 21 heavy (non-hydrogen) atoms. The Kier molecular flexibility index (Phi) is 4.21. The summed E-state index contributed by atoms with van der Waals surface area (Å²) in [5.74, 6) is -1.91. The van der Waals surface area contributed by atoms with Gasteiger partial charge in [-0.15, -0.1) is 0 Å². The van der Waals surface area contributed by atoms with Crippen molar-refractivity contribution < 1.29 is 23.4 Å². The number of aromatic hydroxyl groups is 1. The van der Waals surface area contributed by atoms with Gasteiger partial charge in [0.25, 0.3) is 10.0 Å². The average molecular weight is 393 g/mol. The van der Waals surface area contributed by atoms with Crippen LogP contribution in [0.1, 0.15) is 15.9 Å². The van der Waals surface area contributed by atoms with Gasteiger partial charge >= 0.3 is 5.97 Å². The minimum absolute atomic E-state index is 0.145. The van der Waals surface area contributed by atoms with Crippen molar-refractivity contribution in [3.05, 3.63) is 33.2 Å². The number of aromatic nitrogens is 1. The molecule has 1 aromatic carbocycles. The largest absolute Gasteiger partial charge is 0.507 e. The molecule has 0 aliphatic rings. The summed E-state index contributed by atoms with van der Waals surface area (Å²) in [7, 11) is -4.00. The van der Waals surface area contributed by atoms with Crippen molar-refractivity contribution >= 4 is 48.4 Å². The average Bonchev–Trinajstić information content (AvgIpc) is 2.72. The zero-order valence-corrected chi connectivity index (χ0v) is 13.7. The lowest BCUT2D eigenvalue weighted by Gasteiger charge is -2.10. The van der Waals surface area contributed by atoms with Crippen molar-refractivity contribution in [1.82, 2.24) is 4.98 Å². The van der Waals surface area contributed by atoms with Crippen LogP contribution in [0.25, 0.3) is 0 Å². The molecule has 0 saturated heterocycles. The van der Waals surface area contributed by atoms with E-state index in [1.54, 1.807) is 0 Å². The molecule has 112 valence electrons. The van der Waals surface area contributed by atoms with Gasteiger partial charge in [0.05, 0.1) is 14.9 Å². The first kappa shape index (κ1) is 15.7. The SMILES string of the molecule is Cc1cc(O)c(C(=O)O)cc1S(=O)(=O)Nc1ncc(Br)s1. The van der Waals surface area contributed by atoms with E-state index in [9.17, 15) is 18.3 Å². The molecule has 0 amide bonds. The molecule has 3 N–H and O–H groups in total. The summed E-state index contributed by atoms with van der Waals surface area (Å²) in [4.78, 5) is 14.6. The highest BCUT2D eigenvalue weighted by Crippen LogP contribution is 2.29. The number of nitrogens with zero attached hydrogens (tertiary/aromatic N) is 1. The molecular weight excluding hydrogens is 384 g/mol. The molecule has 0 bridgehead atoms. The van der Waals surface area contributed by atoms with Gasteiger partial charge in [-0.25, -0.2) is 18.2 Å². The monoisotopic (exact) mass is 392 g/mol. The highest BCUT2D eigenvalue weighted by molar-refractivity contribution is 9.11. The van der Waals surface area contributed by atoms with E-state index in [-0.39, 0.29) is 15.6 Å². The first-order valence-corrected chi connectivity index (χ1v) is 8.51. The van der Waals surface area contributed by atoms with Crippen molar-refractivity contribution in [1.29, 1.82) is 0 Å². The highest BCUT2D eigenvalue weighted by atomic mass is 79.9. The van der Waals surface area contributed by atoms with Crippen LogP contribution >= 0.6 is 27.3 Å². The maximum absolute atomic E-state index is 12.3. The summed E-state index contributed by atoms with van der Waals surface area (Å²) in [5, 5.41) is 18.6. The molecule has 0 saturated carbocycles. The van der Waals surface area contributed by atoms with E-state index in [1.165, 1.54) is 13.1 Å². The van der Waals surface area contributed by atoms with E-state index in [0.717, 1.165) is 23.5 Å². The molecule has 1 aromatic heterocycles. The Morgan fingerprint density at radius 3 is 2.62 bits per heavy atom. The quantitative estimate of drug-likeness (QED) is 0.735. The second kappa shape index (κ2) is 5.62. The third-order valence-corrected chi connectivity index (χ3v) is 5.51. The van der Waals surface area contributed by atoms with Gasteiger partial charge in [-0.2, -0.15) is 0 Å². The van der Waals surface area contributed by atoms with E-state index >= 15 is 0 Å². The van der Waals surface area contributed by atoms with Crippen molar-refractivity contribution in [3.63, 3.8) is 0 Å². The fraction of sp³-hybridized carbons (Fsp3) is 0.0909. The number of hydrogen-bond donors (Lipinski definition) is 3. The Bertz CT molecular complexity index is 816. The van der Waals surface area contributed by atoms with E-state index < -0.39 is 27.3 Å². The topological polar surface area (TPSA) is 117 Å². The standard InChI is InChI=1S/C11H9BrN2O5S2/c1-5-2-7(15)6(10(16)17)3-8(5)21(18,19)14-11-13-4-9(12)20-11/h2-4,15H,1H3,(H,13,14)(H,16,17). The predicted molar refractivity (Wildman–Crippen MR) is 80.4 cm³/mol. The molecule has 0 fully saturated rings. The number of phenols is 1. The number of thiazole rings is 1. The number of nitrogens with one attached hydrogen (secondary N) is 1. The number of carboxylic acid groups (broad SMARTS) is 1. The van der Waals surface area contributed by atoms with Gasteiger partial charge in [0.15, 0.2) is 5.13 Å². The van der Waals surface area contributed by atoms with Gasteiger partial charge in [-0.1, -0.05) is 11.3 Å². The maximum Gasteiger partial charge on any atom is 0.339 e. The Balaban J connectivity index is 2.49. The van der Waals surface area contributed by atoms with E-state index in [1.807, 2.05) is 0 Å². The van der Waals surface area contributed by atoms with Crippen molar-refractivity contribution in [2.45, 2.75) is 11.8 Å². The number of halogens is 1. The number of aryl methyl sites for hydroxylation is 1. The molecule has 0 spiro atoms. The molecule has 0 aliphatic heterocycles. The predicted octanol–water partition coefficient (Wildman–Crippen LogP) is 2.42. The summed E-state index contributed by atoms with van der Waals surface area (Å²) in [6.07, 6.45) is 1.44. The first-order valence-electron chi connectivity index (χ1n) is 5.42. The Labute approximate surface area is 132 Å². The van der Waals surface area contributed by atoms with Crippen molar-refractivity contribution in [3.8, 4) is 5.75 Å². The van der Waals surface area contributed by atoms with Crippen molar-refractivity contribution in [2.24, 2.45) is 0 Å². The zero-order valence-electron chi connectivity index (χ0n) is 10.5. The Hall–Kier alpha value is -1.65. The van der Waals surface area contributed by atoms with Gasteiger partial charge in [0, 0.05) is 0 Å². The second-order valence-corrected chi connectivity index (χ2v) is 8.08. The van der Waals surface area contributed by atoms with Crippen LogP contribution in [0.2, 0.25) is 0 Å². The van der Waals surface area contributed by atoms with Gasteiger partial charge < -0.3 is 10.2 Å². The van der Waals surface area contributed by atoms with Gasteiger partial charge in [-0.3, -0.25) is 4.72 Å². The third kappa shape index (κ3) is 3.34. The number of hydrogen-bond acceptors (Lipinski definition) is 6. The molecule has 0 atom stereocenters. The van der Waals surface area contributed by atoms with E-state index in [2.05, 4.69) is 25.6 Å². The maximum atomic E-state index is 12.3. The zero-order chi connectivity index (χ0) is 15.8. The van der Waals surface area contributed by atoms with Crippen LogP contribution in [0.15, 0.2) is 27.0 Å². The molecule has 10 heteroatoms. The number of aromatic carboxylic acids is 1. The molecule has 2 rings (SSSR count).